The Kier molecular flexibility index (Phi) is 5.60. The van der Waals surface area contributed by atoms with Crippen LogP contribution in [0.2, 0.25) is 0 Å². The van der Waals surface area contributed by atoms with E-state index >= 15 is 0 Å². The summed E-state index contributed by atoms with van der Waals surface area (Å²) in [5.41, 5.74) is 2.97. The number of Topliss-reactive ketones (excluding diaryl/α,β-unsaturated/α-hetero) is 1. The Morgan fingerprint density at radius 2 is 1.78 bits per heavy atom. The van der Waals surface area contributed by atoms with Gasteiger partial charge in [-0.1, -0.05) is 30.3 Å². The normalized spacial score (nSPS) is 10.8. The van der Waals surface area contributed by atoms with Gasteiger partial charge in [0.2, 0.25) is 0 Å². The second-order valence-corrected chi connectivity index (χ2v) is 6.18. The monoisotopic (exact) mass is 365 g/mol. The van der Waals surface area contributed by atoms with Crippen molar-refractivity contribution in [3.8, 4) is 5.75 Å². The maximum Gasteiger partial charge on any atom is 0.340 e. The van der Waals surface area contributed by atoms with Crippen LogP contribution in [0.25, 0.3) is 10.9 Å². The van der Waals surface area contributed by atoms with Gasteiger partial charge in [-0.25, -0.2) is 4.79 Å². The first-order chi connectivity index (χ1) is 13.1. The van der Waals surface area contributed by atoms with Crippen molar-refractivity contribution < 1.29 is 19.1 Å². The van der Waals surface area contributed by atoms with Crippen LogP contribution in [0, 0.1) is 6.92 Å². The van der Waals surface area contributed by atoms with Crippen molar-refractivity contribution in [1.29, 1.82) is 0 Å². The van der Waals surface area contributed by atoms with Crippen LogP contribution in [0.1, 0.15) is 40.3 Å². The van der Waals surface area contributed by atoms with Gasteiger partial charge in [-0.15, -0.1) is 0 Å². The van der Waals surface area contributed by atoms with Crippen LogP contribution in [0.4, 0.5) is 0 Å². The van der Waals surface area contributed by atoms with Gasteiger partial charge in [-0.3, -0.25) is 4.79 Å². The van der Waals surface area contributed by atoms with E-state index in [1.807, 2.05) is 44.2 Å². The summed E-state index contributed by atoms with van der Waals surface area (Å²) in [4.78, 5) is 24.7. The van der Waals surface area contributed by atoms with Crippen molar-refractivity contribution >= 4 is 22.7 Å². The minimum atomic E-state index is -0.343. The molecule has 0 bridgehead atoms. The van der Waals surface area contributed by atoms with Crippen LogP contribution >= 0.6 is 0 Å². The molecule has 1 aromatic heterocycles. The first-order valence-electron chi connectivity index (χ1n) is 9.07. The minimum absolute atomic E-state index is 0.0578. The molecule has 0 saturated heterocycles. The number of hydrogen-bond donors (Lipinski definition) is 0. The summed E-state index contributed by atoms with van der Waals surface area (Å²) in [7, 11) is 0. The number of hydrogen-bond acceptors (Lipinski definition) is 4. The zero-order valence-electron chi connectivity index (χ0n) is 15.8. The number of fused-ring (bicyclic) bond motifs is 1. The number of aryl methyl sites for hydroxylation is 1. The zero-order chi connectivity index (χ0) is 19.4. The van der Waals surface area contributed by atoms with Crippen LogP contribution in [0.3, 0.4) is 0 Å². The number of esters is 1. The summed E-state index contributed by atoms with van der Waals surface area (Å²) in [6.07, 6.45) is 0. The lowest BCUT2D eigenvalue weighted by atomic mass is 10.1. The maximum absolute atomic E-state index is 12.4. The molecule has 0 aliphatic rings. The summed E-state index contributed by atoms with van der Waals surface area (Å²) >= 11 is 0. The van der Waals surface area contributed by atoms with Gasteiger partial charge in [-0.2, -0.15) is 0 Å². The van der Waals surface area contributed by atoms with Crippen molar-refractivity contribution in [3.63, 3.8) is 0 Å². The highest BCUT2D eigenvalue weighted by Crippen LogP contribution is 2.30. The molecule has 0 spiro atoms. The van der Waals surface area contributed by atoms with Crippen LogP contribution in [0.5, 0.6) is 5.75 Å². The highest BCUT2D eigenvalue weighted by Gasteiger charge is 2.21. The molecular formula is C22H23NO4. The van der Waals surface area contributed by atoms with E-state index < -0.39 is 0 Å². The number of benzene rings is 2. The lowest BCUT2D eigenvalue weighted by molar-refractivity contribution is 0.0527. The summed E-state index contributed by atoms with van der Waals surface area (Å²) in [5, 5.41) is 0.775. The number of rotatable bonds is 7. The predicted molar refractivity (Wildman–Crippen MR) is 105 cm³/mol. The number of aromatic nitrogens is 1. The molecule has 3 rings (SSSR count). The molecule has 0 unspecified atom stereocenters. The van der Waals surface area contributed by atoms with E-state index in [1.165, 1.54) is 0 Å². The number of ketones is 1. The van der Waals surface area contributed by atoms with Gasteiger partial charge in [0.15, 0.2) is 12.4 Å². The third-order valence-corrected chi connectivity index (χ3v) is 4.56. The number of carbonyl (C=O) groups excluding carboxylic acids is 2. The molecule has 2 aromatic carbocycles. The summed E-state index contributed by atoms with van der Waals surface area (Å²) < 4.78 is 13.0. The molecular weight excluding hydrogens is 342 g/mol. The maximum atomic E-state index is 12.4. The molecule has 0 atom stereocenters. The smallest absolute Gasteiger partial charge is 0.340 e. The Bertz CT molecular complexity index is 973. The highest BCUT2D eigenvalue weighted by atomic mass is 16.5. The van der Waals surface area contributed by atoms with E-state index in [1.54, 1.807) is 25.1 Å². The lowest BCUT2D eigenvalue weighted by Crippen LogP contribution is -2.11. The SMILES string of the molecule is CCOC(=O)c1c(C)n(CC)c2ccc(OCC(=O)c3ccccc3)cc12. The fraction of sp³-hybridized carbons (Fsp3) is 0.273. The average molecular weight is 365 g/mol. The van der Waals surface area contributed by atoms with E-state index in [-0.39, 0.29) is 18.4 Å². The molecule has 5 heteroatoms. The van der Waals surface area contributed by atoms with E-state index in [0.717, 1.165) is 23.1 Å². The molecule has 0 N–H and O–H groups in total. The first kappa shape index (κ1) is 18.7. The van der Waals surface area contributed by atoms with Crippen molar-refractivity contribution in [3.05, 3.63) is 65.4 Å². The van der Waals surface area contributed by atoms with Crippen LogP contribution < -0.4 is 4.74 Å². The summed E-state index contributed by atoms with van der Waals surface area (Å²) in [6, 6.07) is 14.6. The van der Waals surface area contributed by atoms with Gasteiger partial charge >= 0.3 is 5.97 Å². The molecule has 1 heterocycles. The average Bonchev–Trinajstić information content (AvgIpc) is 2.97. The standard InChI is InChI=1S/C22H23NO4/c1-4-23-15(3)21(22(25)26-5-2)18-13-17(11-12-19(18)23)27-14-20(24)16-9-7-6-8-10-16/h6-13H,4-5,14H2,1-3H3. The van der Waals surface area contributed by atoms with Gasteiger partial charge in [0.25, 0.3) is 0 Å². The third kappa shape index (κ3) is 3.72. The number of nitrogens with zero attached hydrogens (tertiary/aromatic N) is 1. The van der Waals surface area contributed by atoms with E-state index in [4.69, 9.17) is 9.47 Å². The largest absolute Gasteiger partial charge is 0.485 e. The topological polar surface area (TPSA) is 57.5 Å². The number of carbonyl (C=O) groups is 2. The fourth-order valence-corrected chi connectivity index (χ4v) is 3.28. The van der Waals surface area contributed by atoms with Crippen molar-refractivity contribution in [1.82, 2.24) is 4.57 Å². The molecule has 0 aliphatic heterocycles. The van der Waals surface area contributed by atoms with E-state index in [0.29, 0.717) is 23.5 Å². The Morgan fingerprint density at radius 3 is 2.44 bits per heavy atom. The van der Waals surface area contributed by atoms with Gasteiger partial charge < -0.3 is 14.0 Å². The highest BCUT2D eigenvalue weighted by molar-refractivity contribution is 6.06. The molecule has 0 fully saturated rings. The molecule has 0 amide bonds. The van der Waals surface area contributed by atoms with Crippen LogP contribution in [-0.2, 0) is 11.3 Å². The van der Waals surface area contributed by atoms with E-state index in [9.17, 15) is 9.59 Å². The molecule has 0 aliphatic carbocycles. The lowest BCUT2D eigenvalue weighted by Gasteiger charge is -2.07. The zero-order valence-corrected chi connectivity index (χ0v) is 15.8. The Hall–Kier alpha value is -3.08. The van der Waals surface area contributed by atoms with Gasteiger partial charge in [0.1, 0.15) is 5.75 Å². The molecule has 0 radical (unpaired) electrons. The number of ether oxygens (including phenoxy) is 2. The van der Waals surface area contributed by atoms with E-state index in [2.05, 4.69) is 4.57 Å². The first-order valence-corrected chi connectivity index (χ1v) is 9.07. The molecule has 0 saturated carbocycles. The molecule has 27 heavy (non-hydrogen) atoms. The quantitative estimate of drug-likeness (QED) is 0.460. The Balaban J connectivity index is 1.91. The Labute approximate surface area is 158 Å². The molecule has 3 aromatic rings. The fourth-order valence-electron chi connectivity index (χ4n) is 3.28. The van der Waals surface area contributed by atoms with Gasteiger partial charge in [0, 0.05) is 28.7 Å². The second-order valence-electron chi connectivity index (χ2n) is 6.18. The van der Waals surface area contributed by atoms with Gasteiger partial charge in [0.05, 0.1) is 12.2 Å². The third-order valence-electron chi connectivity index (χ3n) is 4.56. The second kappa shape index (κ2) is 8.08. The van der Waals surface area contributed by atoms with Crippen LogP contribution in [0.15, 0.2) is 48.5 Å². The van der Waals surface area contributed by atoms with Crippen molar-refractivity contribution in [2.24, 2.45) is 0 Å². The summed E-state index contributed by atoms with van der Waals surface area (Å²) in [6.45, 7) is 6.74. The molecule has 140 valence electrons. The molecule has 5 nitrogen and oxygen atoms in total. The van der Waals surface area contributed by atoms with Crippen molar-refractivity contribution in [2.75, 3.05) is 13.2 Å². The predicted octanol–water partition coefficient (Wildman–Crippen LogP) is 4.41. The summed E-state index contributed by atoms with van der Waals surface area (Å²) in [5.74, 6) is 0.110. The minimum Gasteiger partial charge on any atom is -0.485 e. The van der Waals surface area contributed by atoms with Crippen LogP contribution in [-0.4, -0.2) is 29.5 Å². The Morgan fingerprint density at radius 1 is 1.04 bits per heavy atom. The van der Waals surface area contributed by atoms with Crippen molar-refractivity contribution in [2.45, 2.75) is 27.3 Å². The van der Waals surface area contributed by atoms with Gasteiger partial charge in [-0.05, 0) is 39.0 Å².